The Morgan fingerprint density at radius 3 is 2.50 bits per heavy atom. The topological polar surface area (TPSA) is 42.0 Å². The van der Waals surface area contributed by atoms with Crippen LogP contribution in [-0.4, -0.2) is 22.7 Å². The fourth-order valence-corrected chi connectivity index (χ4v) is 2.78. The molecule has 0 aliphatic heterocycles. The van der Waals surface area contributed by atoms with Gasteiger partial charge in [-0.05, 0) is 31.0 Å². The Morgan fingerprint density at radius 2 is 1.92 bits per heavy atom. The Morgan fingerprint density at radius 1 is 1.21 bits per heavy atom. The van der Waals surface area contributed by atoms with Crippen LogP contribution in [0.5, 0.6) is 0 Å². The van der Waals surface area contributed by atoms with Crippen LogP contribution in [0, 0.1) is 0 Å². The molecule has 1 atom stereocenters. The van der Waals surface area contributed by atoms with Crippen LogP contribution in [0.3, 0.4) is 0 Å². The van der Waals surface area contributed by atoms with Gasteiger partial charge >= 0.3 is 6.18 Å². The molecule has 24 heavy (non-hydrogen) atoms. The van der Waals surface area contributed by atoms with Crippen molar-refractivity contribution in [2.24, 2.45) is 0 Å². The molecule has 1 unspecified atom stereocenters. The van der Waals surface area contributed by atoms with Gasteiger partial charge in [0.1, 0.15) is 0 Å². The predicted octanol–water partition coefficient (Wildman–Crippen LogP) is 3.94. The van der Waals surface area contributed by atoms with Gasteiger partial charge in [-0.25, -0.2) is 4.98 Å². The maximum absolute atomic E-state index is 12.5. The van der Waals surface area contributed by atoms with E-state index in [1.807, 2.05) is 30.3 Å². The zero-order valence-electron chi connectivity index (χ0n) is 13.0. The summed E-state index contributed by atoms with van der Waals surface area (Å²) < 4.78 is 37.4. The Balaban J connectivity index is 1.81. The Kier molecular flexibility index (Phi) is 6.25. The average Bonchev–Trinajstić information content (AvgIpc) is 2.55. The second-order valence-corrected chi connectivity index (χ2v) is 6.53. The molecule has 0 bridgehead atoms. The minimum Gasteiger partial charge on any atom is -0.355 e. The van der Waals surface area contributed by atoms with E-state index < -0.39 is 17.0 Å². The van der Waals surface area contributed by atoms with Crippen molar-refractivity contribution in [3.8, 4) is 0 Å². The lowest BCUT2D eigenvalue weighted by Crippen LogP contribution is -2.32. The summed E-state index contributed by atoms with van der Waals surface area (Å²) in [5.41, 5.74) is 0.328. The van der Waals surface area contributed by atoms with Crippen LogP contribution in [0.2, 0.25) is 0 Å². The molecule has 2 rings (SSSR count). The molecule has 0 fully saturated rings. The first kappa shape index (κ1) is 18.3. The van der Waals surface area contributed by atoms with Gasteiger partial charge in [0.25, 0.3) is 0 Å². The number of halogens is 3. The van der Waals surface area contributed by atoms with Crippen LogP contribution >= 0.6 is 11.8 Å². The van der Waals surface area contributed by atoms with Crippen molar-refractivity contribution >= 4 is 17.7 Å². The summed E-state index contributed by atoms with van der Waals surface area (Å²) in [6, 6.07) is 12.0. The summed E-state index contributed by atoms with van der Waals surface area (Å²) in [5.74, 6) is -0.169. The number of amides is 1. The average molecular weight is 354 g/mol. The predicted molar refractivity (Wildman–Crippen MR) is 87.7 cm³/mol. The first-order valence-electron chi connectivity index (χ1n) is 7.38. The third-order valence-electron chi connectivity index (χ3n) is 3.29. The monoisotopic (exact) mass is 354 g/mol. The number of nitrogens with one attached hydrogen (secondary N) is 1. The Hall–Kier alpha value is -2.02. The molecule has 0 aliphatic carbocycles. The van der Waals surface area contributed by atoms with Crippen molar-refractivity contribution in [2.75, 3.05) is 6.54 Å². The normalized spacial score (nSPS) is 12.7. The second kappa shape index (κ2) is 8.19. The van der Waals surface area contributed by atoms with E-state index in [9.17, 15) is 18.0 Å². The first-order valence-corrected chi connectivity index (χ1v) is 8.26. The van der Waals surface area contributed by atoms with E-state index in [-0.39, 0.29) is 5.91 Å². The van der Waals surface area contributed by atoms with Crippen molar-refractivity contribution in [3.63, 3.8) is 0 Å². The molecule has 0 aliphatic rings. The van der Waals surface area contributed by atoms with Gasteiger partial charge in [0.2, 0.25) is 5.91 Å². The number of aromatic nitrogens is 1. The molecule has 1 aromatic heterocycles. The van der Waals surface area contributed by atoms with Crippen molar-refractivity contribution < 1.29 is 18.0 Å². The van der Waals surface area contributed by atoms with Crippen molar-refractivity contribution in [1.82, 2.24) is 10.3 Å². The third-order valence-corrected chi connectivity index (χ3v) is 4.34. The SMILES string of the molecule is CC(Sc1ccc(C(F)(F)F)cn1)C(=O)NCCc1ccccc1. The number of hydrogen-bond acceptors (Lipinski definition) is 3. The maximum Gasteiger partial charge on any atom is 0.417 e. The van der Waals surface area contributed by atoms with Crippen molar-refractivity contribution in [1.29, 1.82) is 0 Å². The molecule has 128 valence electrons. The van der Waals surface area contributed by atoms with Crippen molar-refractivity contribution in [3.05, 3.63) is 59.8 Å². The van der Waals surface area contributed by atoms with Gasteiger partial charge in [0.05, 0.1) is 15.8 Å². The molecule has 3 nitrogen and oxygen atoms in total. The summed E-state index contributed by atoms with van der Waals surface area (Å²) in [6.45, 7) is 2.20. The van der Waals surface area contributed by atoms with Crippen molar-refractivity contribution in [2.45, 2.75) is 29.8 Å². The molecule has 0 radical (unpaired) electrons. The van der Waals surface area contributed by atoms with Gasteiger partial charge < -0.3 is 5.32 Å². The standard InChI is InChI=1S/C17H17F3N2OS/c1-12(16(23)21-10-9-13-5-3-2-4-6-13)24-15-8-7-14(11-22-15)17(18,19)20/h2-8,11-12H,9-10H2,1H3,(H,21,23). The van der Waals surface area contributed by atoms with E-state index in [1.165, 1.54) is 6.07 Å². The molecule has 0 saturated carbocycles. The van der Waals surface area contributed by atoms with Gasteiger partial charge in [-0.1, -0.05) is 42.1 Å². The third kappa shape index (κ3) is 5.56. The van der Waals surface area contributed by atoms with Crippen LogP contribution in [0.1, 0.15) is 18.1 Å². The molecule has 1 amide bonds. The number of carbonyl (C=O) groups is 1. The van der Waals surface area contributed by atoms with E-state index in [0.29, 0.717) is 11.6 Å². The highest BCUT2D eigenvalue weighted by atomic mass is 32.2. The number of pyridine rings is 1. The number of alkyl halides is 3. The lowest BCUT2D eigenvalue weighted by molar-refractivity contribution is -0.137. The van der Waals surface area contributed by atoms with Crippen LogP contribution in [-0.2, 0) is 17.4 Å². The Bertz CT molecular complexity index is 660. The zero-order chi connectivity index (χ0) is 17.6. The van der Waals surface area contributed by atoms with E-state index in [4.69, 9.17) is 0 Å². The fourth-order valence-electron chi connectivity index (χ4n) is 1.97. The molecular weight excluding hydrogens is 337 g/mol. The van der Waals surface area contributed by atoms with Crippen LogP contribution in [0.4, 0.5) is 13.2 Å². The highest BCUT2D eigenvalue weighted by Gasteiger charge is 2.30. The minimum absolute atomic E-state index is 0.169. The van der Waals surface area contributed by atoms with Crippen LogP contribution in [0.25, 0.3) is 0 Å². The maximum atomic E-state index is 12.5. The van der Waals surface area contributed by atoms with E-state index in [1.54, 1.807) is 6.92 Å². The molecule has 0 spiro atoms. The van der Waals surface area contributed by atoms with E-state index in [2.05, 4.69) is 10.3 Å². The summed E-state index contributed by atoms with van der Waals surface area (Å²) in [6.07, 6.45) is -2.90. The molecule has 7 heteroatoms. The molecule has 1 aromatic carbocycles. The number of benzene rings is 1. The zero-order valence-corrected chi connectivity index (χ0v) is 13.8. The fraction of sp³-hybridized carbons (Fsp3) is 0.294. The summed E-state index contributed by atoms with van der Waals surface area (Å²) in [4.78, 5) is 15.8. The smallest absolute Gasteiger partial charge is 0.355 e. The molecular formula is C17H17F3N2OS. The molecule has 2 aromatic rings. The number of carbonyl (C=O) groups excluding carboxylic acids is 1. The lowest BCUT2D eigenvalue weighted by Gasteiger charge is -2.12. The summed E-state index contributed by atoms with van der Waals surface area (Å²) >= 11 is 1.13. The number of rotatable bonds is 6. The van der Waals surface area contributed by atoms with E-state index >= 15 is 0 Å². The van der Waals surface area contributed by atoms with E-state index in [0.717, 1.165) is 36.0 Å². The summed E-state index contributed by atoms with van der Waals surface area (Å²) in [5, 5.41) is 2.76. The van der Waals surface area contributed by atoms with Crippen LogP contribution in [0.15, 0.2) is 53.7 Å². The van der Waals surface area contributed by atoms with Gasteiger partial charge in [-0.3, -0.25) is 4.79 Å². The molecule has 0 saturated heterocycles. The molecule has 1 heterocycles. The van der Waals surface area contributed by atoms with Gasteiger partial charge in [0, 0.05) is 12.7 Å². The second-order valence-electron chi connectivity index (χ2n) is 5.17. The molecule has 1 N–H and O–H groups in total. The summed E-state index contributed by atoms with van der Waals surface area (Å²) in [7, 11) is 0. The highest BCUT2D eigenvalue weighted by molar-refractivity contribution is 8.00. The van der Waals surface area contributed by atoms with Gasteiger partial charge in [-0.15, -0.1) is 0 Å². The number of thioether (sulfide) groups is 1. The number of nitrogens with zero attached hydrogens (tertiary/aromatic N) is 1. The first-order chi connectivity index (χ1) is 11.4. The largest absolute Gasteiger partial charge is 0.417 e. The Labute approximate surface area is 142 Å². The van der Waals surface area contributed by atoms with Gasteiger partial charge in [-0.2, -0.15) is 13.2 Å². The van der Waals surface area contributed by atoms with Gasteiger partial charge in [0.15, 0.2) is 0 Å². The number of hydrogen-bond donors (Lipinski definition) is 1. The van der Waals surface area contributed by atoms with Crippen LogP contribution < -0.4 is 5.32 Å². The minimum atomic E-state index is -4.41. The highest BCUT2D eigenvalue weighted by Crippen LogP contribution is 2.30. The lowest BCUT2D eigenvalue weighted by atomic mass is 10.1. The quantitative estimate of drug-likeness (QED) is 0.799.